The first-order valence-electron chi connectivity index (χ1n) is 4.13. The molecule has 1 heterocycles. The molecule has 0 aliphatic carbocycles. The lowest BCUT2D eigenvalue weighted by Crippen LogP contribution is -2.12. The van der Waals surface area contributed by atoms with E-state index >= 15 is 0 Å². The molecule has 0 aliphatic rings. The fraction of sp³-hybridized carbons (Fsp3) is 0.444. The Balaban J connectivity index is 2.35. The van der Waals surface area contributed by atoms with Gasteiger partial charge in [0.1, 0.15) is 12.7 Å². The first kappa shape index (κ1) is 11.2. The van der Waals surface area contributed by atoms with E-state index in [4.69, 9.17) is 9.84 Å². The Kier molecular flexibility index (Phi) is 4.06. The van der Waals surface area contributed by atoms with Crippen LogP contribution in [0.2, 0.25) is 0 Å². The first-order valence-corrected chi connectivity index (χ1v) is 4.95. The van der Waals surface area contributed by atoms with Crippen molar-refractivity contribution in [3.63, 3.8) is 0 Å². The van der Waals surface area contributed by atoms with Gasteiger partial charge in [0, 0.05) is 9.75 Å². The Bertz CT molecular complexity index is 308. The Hall–Kier alpha value is -0.910. The first-order chi connectivity index (χ1) is 6.59. The molecule has 0 aromatic carbocycles. The van der Waals surface area contributed by atoms with Gasteiger partial charge in [-0.3, -0.25) is 0 Å². The normalized spacial score (nSPS) is 12.7. The highest BCUT2D eigenvalue weighted by atomic mass is 32.1. The van der Waals surface area contributed by atoms with Crippen LogP contribution in [0.1, 0.15) is 15.9 Å². The van der Waals surface area contributed by atoms with Gasteiger partial charge in [-0.05, 0) is 19.1 Å². The van der Waals surface area contributed by atoms with Gasteiger partial charge in [0.15, 0.2) is 0 Å². The third kappa shape index (κ3) is 3.45. The number of hydrogen-bond acceptors (Lipinski definition) is 4. The van der Waals surface area contributed by atoms with E-state index in [1.54, 1.807) is 0 Å². The van der Waals surface area contributed by atoms with Crippen LogP contribution in [-0.2, 0) is 9.53 Å². The highest BCUT2D eigenvalue weighted by molar-refractivity contribution is 7.12. The molecule has 0 fully saturated rings. The van der Waals surface area contributed by atoms with Crippen LogP contribution in [0.25, 0.3) is 0 Å². The van der Waals surface area contributed by atoms with Gasteiger partial charge < -0.3 is 14.9 Å². The third-order valence-corrected chi connectivity index (χ3v) is 2.69. The van der Waals surface area contributed by atoms with Crippen molar-refractivity contribution < 1.29 is 19.7 Å². The molecule has 1 atom stereocenters. The highest BCUT2D eigenvalue weighted by Crippen LogP contribution is 2.22. The molecular formula is C9H12O4S. The van der Waals surface area contributed by atoms with Crippen LogP contribution < -0.4 is 0 Å². The number of aliphatic carboxylic acids is 1. The molecule has 1 aromatic heterocycles. The molecule has 0 saturated carbocycles. The van der Waals surface area contributed by atoms with Crippen LogP contribution >= 0.6 is 11.3 Å². The van der Waals surface area contributed by atoms with Crippen LogP contribution in [0.3, 0.4) is 0 Å². The van der Waals surface area contributed by atoms with Crippen LogP contribution in [0.4, 0.5) is 0 Å². The summed E-state index contributed by atoms with van der Waals surface area (Å²) in [5.41, 5.74) is 0. The van der Waals surface area contributed by atoms with Crippen molar-refractivity contribution in [1.29, 1.82) is 0 Å². The zero-order valence-electron chi connectivity index (χ0n) is 7.77. The van der Waals surface area contributed by atoms with Gasteiger partial charge in [0.2, 0.25) is 0 Å². The molecular weight excluding hydrogens is 204 g/mol. The standard InChI is InChI=1S/C9H12O4S/c1-6-2-3-8(14-6)7(10)4-13-5-9(11)12/h2-3,7,10H,4-5H2,1H3,(H,11,12). The number of carbonyl (C=O) groups is 1. The zero-order valence-corrected chi connectivity index (χ0v) is 8.58. The second-order valence-corrected chi connectivity index (χ2v) is 4.19. The largest absolute Gasteiger partial charge is 0.480 e. The molecule has 1 rings (SSSR count). The minimum absolute atomic E-state index is 0.0201. The number of ether oxygens (including phenoxy) is 1. The lowest BCUT2D eigenvalue weighted by molar-refractivity contribution is -0.143. The van der Waals surface area contributed by atoms with E-state index in [2.05, 4.69) is 0 Å². The van der Waals surface area contributed by atoms with Crippen molar-refractivity contribution >= 4 is 17.3 Å². The average molecular weight is 216 g/mol. The summed E-state index contributed by atoms with van der Waals surface area (Å²) < 4.78 is 4.78. The topological polar surface area (TPSA) is 66.8 Å². The summed E-state index contributed by atoms with van der Waals surface area (Å²) in [6, 6.07) is 3.72. The monoisotopic (exact) mass is 216 g/mol. The Labute approximate surface area is 85.8 Å². The Morgan fingerprint density at radius 3 is 2.86 bits per heavy atom. The second-order valence-electron chi connectivity index (χ2n) is 2.87. The maximum atomic E-state index is 10.1. The number of rotatable bonds is 5. The molecule has 0 spiro atoms. The number of thiophene rings is 1. The molecule has 2 N–H and O–H groups in total. The summed E-state index contributed by atoms with van der Waals surface area (Å²) in [6.45, 7) is 1.59. The molecule has 4 nitrogen and oxygen atoms in total. The van der Waals surface area contributed by atoms with Gasteiger partial charge in [0.05, 0.1) is 6.61 Å². The number of carboxylic acids is 1. The van der Waals surface area contributed by atoms with Crippen LogP contribution in [0.15, 0.2) is 12.1 Å². The quantitative estimate of drug-likeness (QED) is 0.776. The second kappa shape index (κ2) is 5.09. The highest BCUT2D eigenvalue weighted by Gasteiger charge is 2.10. The number of carboxylic acid groups (broad SMARTS) is 1. The minimum atomic E-state index is -1.03. The van der Waals surface area contributed by atoms with E-state index in [1.165, 1.54) is 11.3 Å². The van der Waals surface area contributed by atoms with Crippen LogP contribution in [-0.4, -0.2) is 29.4 Å². The fourth-order valence-electron chi connectivity index (χ4n) is 0.973. The zero-order chi connectivity index (χ0) is 10.6. The van der Waals surface area contributed by atoms with E-state index in [0.29, 0.717) is 0 Å². The number of aryl methyl sites for hydroxylation is 1. The molecule has 1 aromatic rings. The summed E-state index contributed by atoms with van der Waals surface area (Å²) in [5.74, 6) is -1.03. The minimum Gasteiger partial charge on any atom is -0.480 e. The van der Waals surface area contributed by atoms with E-state index < -0.39 is 12.1 Å². The predicted octanol–water partition coefficient (Wildman–Crippen LogP) is 1.19. The van der Waals surface area contributed by atoms with Gasteiger partial charge in [-0.2, -0.15) is 0 Å². The van der Waals surface area contributed by atoms with Gasteiger partial charge in [-0.15, -0.1) is 11.3 Å². The molecule has 0 aliphatic heterocycles. The molecule has 14 heavy (non-hydrogen) atoms. The van der Waals surface area contributed by atoms with Crippen LogP contribution in [0, 0.1) is 6.92 Å². The van der Waals surface area contributed by atoms with Crippen molar-refractivity contribution in [3.8, 4) is 0 Å². The van der Waals surface area contributed by atoms with E-state index in [0.717, 1.165) is 9.75 Å². The SMILES string of the molecule is Cc1ccc(C(O)COCC(=O)O)s1. The summed E-state index contributed by atoms with van der Waals surface area (Å²) in [5, 5.41) is 17.8. The van der Waals surface area contributed by atoms with Gasteiger partial charge in [-0.25, -0.2) is 4.79 Å². The van der Waals surface area contributed by atoms with E-state index in [1.807, 2.05) is 19.1 Å². The number of aliphatic hydroxyl groups excluding tert-OH is 1. The van der Waals surface area contributed by atoms with Crippen molar-refractivity contribution in [1.82, 2.24) is 0 Å². The van der Waals surface area contributed by atoms with E-state index in [9.17, 15) is 9.90 Å². The molecule has 5 heteroatoms. The van der Waals surface area contributed by atoms with Crippen molar-refractivity contribution in [3.05, 3.63) is 21.9 Å². The lowest BCUT2D eigenvalue weighted by Gasteiger charge is -2.07. The molecule has 0 bridgehead atoms. The summed E-state index contributed by atoms with van der Waals surface area (Å²) in [6.07, 6.45) is -0.729. The summed E-state index contributed by atoms with van der Waals surface area (Å²) in [4.78, 5) is 12.0. The van der Waals surface area contributed by atoms with E-state index in [-0.39, 0.29) is 13.2 Å². The molecule has 0 radical (unpaired) electrons. The summed E-state index contributed by atoms with van der Waals surface area (Å²) in [7, 11) is 0. The molecule has 0 amide bonds. The van der Waals surface area contributed by atoms with Crippen molar-refractivity contribution in [2.24, 2.45) is 0 Å². The van der Waals surface area contributed by atoms with Gasteiger partial charge >= 0.3 is 5.97 Å². The average Bonchev–Trinajstić information content (AvgIpc) is 2.51. The van der Waals surface area contributed by atoms with Gasteiger partial charge in [0.25, 0.3) is 0 Å². The van der Waals surface area contributed by atoms with Crippen LogP contribution in [0.5, 0.6) is 0 Å². The fourth-order valence-corrected chi connectivity index (χ4v) is 1.82. The van der Waals surface area contributed by atoms with Crippen molar-refractivity contribution in [2.45, 2.75) is 13.0 Å². The van der Waals surface area contributed by atoms with Gasteiger partial charge in [-0.1, -0.05) is 0 Å². The lowest BCUT2D eigenvalue weighted by atomic mass is 10.3. The number of aliphatic hydroxyl groups is 1. The molecule has 78 valence electrons. The molecule has 1 unspecified atom stereocenters. The Morgan fingerprint density at radius 1 is 1.64 bits per heavy atom. The maximum absolute atomic E-state index is 10.1. The smallest absolute Gasteiger partial charge is 0.329 e. The van der Waals surface area contributed by atoms with Crippen molar-refractivity contribution in [2.75, 3.05) is 13.2 Å². The third-order valence-electron chi connectivity index (χ3n) is 1.59. The predicted molar refractivity (Wildman–Crippen MR) is 52.5 cm³/mol. The maximum Gasteiger partial charge on any atom is 0.329 e. The Morgan fingerprint density at radius 2 is 2.36 bits per heavy atom. The number of hydrogen-bond donors (Lipinski definition) is 2. The summed E-state index contributed by atoms with van der Waals surface area (Å²) >= 11 is 1.48. The molecule has 0 saturated heterocycles.